The van der Waals surface area contributed by atoms with Crippen LogP contribution in [0.15, 0.2) is 48.5 Å². The maximum atomic E-state index is 12.2. The van der Waals surface area contributed by atoms with Crippen molar-refractivity contribution in [2.45, 2.75) is 20.3 Å². The lowest BCUT2D eigenvalue weighted by Gasteiger charge is -2.10. The van der Waals surface area contributed by atoms with Gasteiger partial charge in [-0.3, -0.25) is 9.59 Å². The lowest BCUT2D eigenvalue weighted by Crippen LogP contribution is -2.19. The van der Waals surface area contributed by atoms with Gasteiger partial charge in [0.15, 0.2) is 0 Å². The third kappa shape index (κ3) is 4.59. The van der Waals surface area contributed by atoms with Crippen LogP contribution < -0.4 is 15.4 Å². The quantitative estimate of drug-likeness (QED) is 0.845. The average molecular weight is 326 g/mol. The summed E-state index contributed by atoms with van der Waals surface area (Å²) in [6, 6.07) is 13.9. The van der Waals surface area contributed by atoms with Crippen LogP contribution in [0.4, 0.5) is 11.4 Å². The molecule has 5 heteroatoms. The summed E-state index contributed by atoms with van der Waals surface area (Å²) in [5.41, 5.74) is 1.89. The summed E-state index contributed by atoms with van der Waals surface area (Å²) in [6.45, 7) is 3.85. The van der Waals surface area contributed by atoms with Crippen molar-refractivity contribution in [3.63, 3.8) is 0 Å². The molecule has 0 heterocycles. The molecule has 0 aromatic heterocycles. The maximum Gasteiger partial charge on any atom is 0.255 e. The first-order chi connectivity index (χ1) is 11.5. The zero-order valence-electron chi connectivity index (χ0n) is 14.1. The van der Waals surface area contributed by atoms with E-state index in [2.05, 4.69) is 10.6 Å². The van der Waals surface area contributed by atoms with Gasteiger partial charge in [0.05, 0.1) is 7.11 Å². The van der Waals surface area contributed by atoms with Crippen LogP contribution in [0, 0.1) is 5.92 Å². The van der Waals surface area contributed by atoms with Crippen LogP contribution in [0.3, 0.4) is 0 Å². The normalized spacial score (nSPS) is 11.5. The Labute approximate surface area is 142 Å². The van der Waals surface area contributed by atoms with Gasteiger partial charge >= 0.3 is 0 Å². The summed E-state index contributed by atoms with van der Waals surface area (Å²) in [5, 5.41) is 5.65. The second-order valence-electron chi connectivity index (χ2n) is 5.56. The predicted molar refractivity (Wildman–Crippen MR) is 95.5 cm³/mol. The van der Waals surface area contributed by atoms with E-state index in [1.165, 1.54) is 0 Å². The molecule has 5 nitrogen and oxygen atoms in total. The van der Waals surface area contributed by atoms with Gasteiger partial charge in [-0.05, 0) is 55.0 Å². The van der Waals surface area contributed by atoms with E-state index in [0.29, 0.717) is 16.9 Å². The highest BCUT2D eigenvalue weighted by Gasteiger charge is 2.11. The van der Waals surface area contributed by atoms with E-state index in [4.69, 9.17) is 4.74 Å². The van der Waals surface area contributed by atoms with Gasteiger partial charge in [-0.2, -0.15) is 0 Å². The van der Waals surface area contributed by atoms with Gasteiger partial charge in [0.2, 0.25) is 5.91 Å². The van der Waals surface area contributed by atoms with E-state index in [9.17, 15) is 9.59 Å². The Morgan fingerprint density at radius 1 is 0.958 bits per heavy atom. The fourth-order valence-electron chi connectivity index (χ4n) is 2.03. The Kier molecular flexibility index (Phi) is 5.95. The van der Waals surface area contributed by atoms with Crippen LogP contribution in [0.5, 0.6) is 5.75 Å². The Balaban J connectivity index is 1.98. The highest BCUT2D eigenvalue weighted by Crippen LogP contribution is 2.17. The number of hydrogen-bond donors (Lipinski definition) is 2. The monoisotopic (exact) mass is 326 g/mol. The van der Waals surface area contributed by atoms with E-state index < -0.39 is 0 Å². The zero-order valence-corrected chi connectivity index (χ0v) is 14.1. The maximum absolute atomic E-state index is 12.2. The van der Waals surface area contributed by atoms with Gasteiger partial charge in [-0.1, -0.05) is 13.8 Å². The molecule has 2 amide bonds. The number of nitrogens with one attached hydrogen (secondary N) is 2. The number of ether oxygens (including phenoxy) is 1. The van der Waals surface area contributed by atoms with E-state index in [1.54, 1.807) is 55.6 Å². The summed E-state index contributed by atoms with van der Waals surface area (Å²) >= 11 is 0. The molecule has 0 unspecified atom stereocenters. The minimum Gasteiger partial charge on any atom is -0.497 e. The van der Waals surface area contributed by atoms with Crippen molar-refractivity contribution in [3.05, 3.63) is 54.1 Å². The van der Waals surface area contributed by atoms with E-state index in [1.807, 2.05) is 13.8 Å². The molecule has 0 bridgehead atoms. The number of amides is 2. The standard InChI is InChI=1S/C19H22N2O3/c1-4-13(2)18(22)20-15-7-5-14(6-8-15)19(23)21-16-9-11-17(24-3)12-10-16/h5-13H,4H2,1-3H3,(H,20,22)(H,21,23)/t13-/m1/s1. The third-order valence-electron chi connectivity index (χ3n) is 3.82. The molecule has 0 aliphatic carbocycles. The highest BCUT2D eigenvalue weighted by molar-refractivity contribution is 6.04. The summed E-state index contributed by atoms with van der Waals surface area (Å²) in [7, 11) is 1.59. The minimum absolute atomic E-state index is 0.0204. The van der Waals surface area contributed by atoms with E-state index in [-0.39, 0.29) is 17.7 Å². The van der Waals surface area contributed by atoms with Crippen LogP contribution >= 0.6 is 0 Å². The van der Waals surface area contributed by atoms with Gasteiger partial charge in [0.25, 0.3) is 5.91 Å². The van der Waals surface area contributed by atoms with Crippen LogP contribution in [0.1, 0.15) is 30.6 Å². The number of rotatable bonds is 6. The van der Waals surface area contributed by atoms with Crippen LogP contribution in [-0.2, 0) is 4.79 Å². The highest BCUT2D eigenvalue weighted by atomic mass is 16.5. The first kappa shape index (κ1) is 17.5. The first-order valence-electron chi connectivity index (χ1n) is 7.89. The van der Waals surface area contributed by atoms with Crippen LogP contribution in [-0.4, -0.2) is 18.9 Å². The summed E-state index contributed by atoms with van der Waals surface area (Å²) in [5.74, 6) is 0.463. The van der Waals surface area contributed by atoms with Crippen molar-refractivity contribution in [2.75, 3.05) is 17.7 Å². The van der Waals surface area contributed by atoms with Crippen molar-refractivity contribution >= 4 is 23.2 Å². The third-order valence-corrected chi connectivity index (χ3v) is 3.82. The Bertz CT molecular complexity index is 694. The predicted octanol–water partition coefficient (Wildman–Crippen LogP) is 3.93. The van der Waals surface area contributed by atoms with Crippen molar-refractivity contribution in [2.24, 2.45) is 5.92 Å². The van der Waals surface area contributed by atoms with Crippen molar-refractivity contribution < 1.29 is 14.3 Å². The number of carbonyl (C=O) groups excluding carboxylic acids is 2. The molecule has 1 atom stereocenters. The van der Waals surface area contributed by atoms with Crippen molar-refractivity contribution in [3.8, 4) is 5.75 Å². The van der Waals surface area contributed by atoms with Crippen molar-refractivity contribution in [1.82, 2.24) is 0 Å². The van der Waals surface area contributed by atoms with Crippen LogP contribution in [0.2, 0.25) is 0 Å². The fraction of sp³-hybridized carbons (Fsp3) is 0.263. The molecule has 126 valence electrons. The molecule has 24 heavy (non-hydrogen) atoms. The molecule has 2 aromatic carbocycles. The molecule has 0 aliphatic rings. The number of carbonyl (C=O) groups is 2. The number of benzene rings is 2. The van der Waals surface area contributed by atoms with E-state index >= 15 is 0 Å². The summed E-state index contributed by atoms with van der Waals surface area (Å²) in [4.78, 5) is 24.1. The molecule has 0 spiro atoms. The largest absolute Gasteiger partial charge is 0.497 e. The molecule has 2 rings (SSSR count). The zero-order chi connectivity index (χ0) is 17.5. The van der Waals surface area contributed by atoms with Gasteiger partial charge in [0, 0.05) is 22.9 Å². The van der Waals surface area contributed by atoms with Gasteiger partial charge in [-0.25, -0.2) is 0 Å². The average Bonchev–Trinajstić information content (AvgIpc) is 2.62. The number of hydrogen-bond acceptors (Lipinski definition) is 3. The Morgan fingerprint density at radius 2 is 1.50 bits per heavy atom. The molecule has 2 N–H and O–H groups in total. The van der Waals surface area contributed by atoms with Crippen LogP contribution in [0.25, 0.3) is 0 Å². The van der Waals surface area contributed by atoms with Gasteiger partial charge in [0.1, 0.15) is 5.75 Å². The number of anilines is 2. The topological polar surface area (TPSA) is 67.4 Å². The SMILES string of the molecule is CC[C@@H](C)C(=O)Nc1ccc(C(=O)Nc2ccc(OC)cc2)cc1. The minimum atomic E-state index is -0.208. The smallest absolute Gasteiger partial charge is 0.255 e. The molecule has 0 aliphatic heterocycles. The Hall–Kier alpha value is -2.82. The molecule has 2 aromatic rings. The molecule has 0 saturated heterocycles. The number of methoxy groups -OCH3 is 1. The lowest BCUT2D eigenvalue weighted by atomic mass is 10.1. The lowest BCUT2D eigenvalue weighted by molar-refractivity contribution is -0.119. The van der Waals surface area contributed by atoms with Gasteiger partial charge < -0.3 is 15.4 Å². The molecule has 0 saturated carbocycles. The summed E-state index contributed by atoms with van der Waals surface area (Å²) < 4.78 is 5.08. The second kappa shape index (κ2) is 8.15. The molecule has 0 radical (unpaired) electrons. The Morgan fingerprint density at radius 3 is 2.04 bits per heavy atom. The first-order valence-corrected chi connectivity index (χ1v) is 7.89. The van der Waals surface area contributed by atoms with E-state index in [0.717, 1.165) is 12.2 Å². The van der Waals surface area contributed by atoms with Gasteiger partial charge in [-0.15, -0.1) is 0 Å². The molecule has 0 fully saturated rings. The summed E-state index contributed by atoms with van der Waals surface area (Å²) in [6.07, 6.45) is 0.786. The molecular formula is C19H22N2O3. The fourth-order valence-corrected chi connectivity index (χ4v) is 2.03. The molecular weight excluding hydrogens is 304 g/mol. The van der Waals surface area contributed by atoms with Crippen molar-refractivity contribution in [1.29, 1.82) is 0 Å². The second-order valence-corrected chi connectivity index (χ2v) is 5.56.